The van der Waals surface area contributed by atoms with Crippen molar-refractivity contribution in [2.24, 2.45) is 0 Å². The molecule has 1 aromatic heterocycles. The lowest BCUT2D eigenvalue weighted by atomic mass is 10.1. The SMILES string of the molecule is Cc1ccc(C)c(OC2CCN(C(=O)NNC(=O)c3ccc(COc4ccccc4)o3)CC2)c1. The fraction of sp³-hybridized carbons (Fsp3) is 0.308. The quantitative estimate of drug-likeness (QED) is 0.530. The number of carbonyl (C=O) groups is 2. The Morgan fingerprint density at radius 2 is 1.76 bits per heavy atom. The lowest BCUT2D eigenvalue weighted by molar-refractivity contribution is 0.0877. The molecule has 0 aliphatic carbocycles. The third-order valence-corrected chi connectivity index (χ3v) is 5.66. The summed E-state index contributed by atoms with van der Waals surface area (Å²) in [5.74, 6) is 1.66. The van der Waals surface area contributed by atoms with Gasteiger partial charge >= 0.3 is 11.9 Å². The average Bonchev–Trinajstić information content (AvgIpc) is 3.34. The molecule has 3 amide bonds. The van der Waals surface area contributed by atoms with E-state index in [4.69, 9.17) is 13.9 Å². The third-order valence-electron chi connectivity index (χ3n) is 5.66. The van der Waals surface area contributed by atoms with Crippen molar-refractivity contribution in [1.29, 1.82) is 0 Å². The molecule has 0 radical (unpaired) electrons. The summed E-state index contributed by atoms with van der Waals surface area (Å²) in [6.45, 7) is 5.34. The van der Waals surface area contributed by atoms with E-state index < -0.39 is 5.91 Å². The van der Waals surface area contributed by atoms with Gasteiger partial charge in [-0.2, -0.15) is 0 Å². The second kappa shape index (κ2) is 10.8. The van der Waals surface area contributed by atoms with Crippen LogP contribution in [0.1, 0.15) is 40.3 Å². The minimum absolute atomic E-state index is 0.0544. The minimum atomic E-state index is -0.535. The predicted molar refractivity (Wildman–Crippen MR) is 127 cm³/mol. The monoisotopic (exact) mass is 463 g/mol. The zero-order valence-electron chi connectivity index (χ0n) is 19.4. The highest BCUT2D eigenvalue weighted by Crippen LogP contribution is 2.24. The van der Waals surface area contributed by atoms with Crippen LogP contribution in [0.4, 0.5) is 4.79 Å². The first-order valence-electron chi connectivity index (χ1n) is 11.3. The Labute approximate surface area is 198 Å². The van der Waals surface area contributed by atoms with Gasteiger partial charge in [-0.3, -0.25) is 10.2 Å². The Hall–Kier alpha value is -3.94. The van der Waals surface area contributed by atoms with E-state index in [0.29, 0.717) is 24.6 Å². The first-order valence-corrected chi connectivity index (χ1v) is 11.3. The molecule has 0 bridgehead atoms. The molecule has 4 rings (SSSR count). The van der Waals surface area contributed by atoms with Gasteiger partial charge in [-0.25, -0.2) is 10.2 Å². The number of aryl methyl sites for hydroxylation is 2. The highest BCUT2D eigenvalue weighted by molar-refractivity contribution is 5.92. The van der Waals surface area contributed by atoms with Crippen LogP contribution in [0, 0.1) is 13.8 Å². The molecule has 178 valence electrons. The summed E-state index contributed by atoms with van der Waals surface area (Å²) in [6.07, 6.45) is 1.49. The normalized spacial score (nSPS) is 13.9. The summed E-state index contributed by atoms with van der Waals surface area (Å²) in [6, 6.07) is 18.3. The number of piperidine rings is 1. The Morgan fingerprint density at radius 1 is 1.00 bits per heavy atom. The molecule has 0 saturated carbocycles. The first-order chi connectivity index (χ1) is 16.5. The van der Waals surface area contributed by atoms with Crippen LogP contribution in [-0.4, -0.2) is 36.0 Å². The summed E-state index contributed by atoms with van der Waals surface area (Å²) in [5.41, 5.74) is 7.11. The Morgan fingerprint density at radius 3 is 2.53 bits per heavy atom. The van der Waals surface area contributed by atoms with Crippen molar-refractivity contribution in [3.05, 3.63) is 83.3 Å². The number of likely N-dealkylation sites (tertiary alicyclic amines) is 1. The molecular formula is C26H29N3O5. The van der Waals surface area contributed by atoms with Gasteiger partial charge < -0.3 is 18.8 Å². The van der Waals surface area contributed by atoms with Crippen LogP contribution < -0.4 is 20.3 Å². The van der Waals surface area contributed by atoms with E-state index in [1.54, 1.807) is 17.0 Å². The smallest absolute Gasteiger partial charge is 0.336 e. The number of ether oxygens (including phenoxy) is 2. The van der Waals surface area contributed by atoms with E-state index in [1.807, 2.05) is 56.3 Å². The van der Waals surface area contributed by atoms with Gasteiger partial charge in [0.2, 0.25) is 0 Å². The van der Waals surface area contributed by atoms with E-state index in [9.17, 15) is 9.59 Å². The molecule has 8 heteroatoms. The van der Waals surface area contributed by atoms with Gasteiger partial charge in [0.1, 0.15) is 30.0 Å². The van der Waals surface area contributed by atoms with Crippen LogP contribution in [0.2, 0.25) is 0 Å². The van der Waals surface area contributed by atoms with Gasteiger partial charge in [-0.1, -0.05) is 30.3 Å². The number of urea groups is 1. The molecule has 34 heavy (non-hydrogen) atoms. The van der Waals surface area contributed by atoms with Crippen molar-refractivity contribution in [3.63, 3.8) is 0 Å². The number of hydrazine groups is 1. The highest BCUT2D eigenvalue weighted by atomic mass is 16.5. The maximum atomic E-state index is 12.5. The largest absolute Gasteiger partial charge is 0.490 e. The van der Waals surface area contributed by atoms with Gasteiger partial charge in [0, 0.05) is 25.9 Å². The fourth-order valence-electron chi connectivity index (χ4n) is 3.69. The number of nitrogens with zero attached hydrogens (tertiary/aromatic N) is 1. The van der Waals surface area contributed by atoms with E-state index >= 15 is 0 Å². The van der Waals surface area contributed by atoms with Gasteiger partial charge in [0.05, 0.1) is 0 Å². The van der Waals surface area contributed by atoms with E-state index in [1.165, 1.54) is 0 Å². The maximum absolute atomic E-state index is 12.5. The van der Waals surface area contributed by atoms with Gasteiger partial charge in [0.15, 0.2) is 5.76 Å². The molecular weight excluding hydrogens is 434 g/mol. The summed E-state index contributed by atoms with van der Waals surface area (Å²) in [4.78, 5) is 26.5. The van der Waals surface area contributed by atoms with Crippen molar-refractivity contribution < 1.29 is 23.5 Å². The summed E-state index contributed by atoms with van der Waals surface area (Å²) in [5, 5.41) is 0. The molecule has 0 spiro atoms. The van der Waals surface area contributed by atoms with E-state index in [2.05, 4.69) is 16.9 Å². The molecule has 0 atom stereocenters. The fourth-order valence-corrected chi connectivity index (χ4v) is 3.69. The molecule has 8 nitrogen and oxygen atoms in total. The van der Waals surface area contributed by atoms with Crippen molar-refractivity contribution >= 4 is 11.9 Å². The zero-order chi connectivity index (χ0) is 23.9. The second-order valence-electron chi connectivity index (χ2n) is 8.33. The van der Waals surface area contributed by atoms with Gasteiger partial charge in [-0.15, -0.1) is 0 Å². The van der Waals surface area contributed by atoms with Gasteiger partial charge in [0.25, 0.3) is 0 Å². The molecule has 1 fully saturated rings. The molecule has 0 unspecified atom stereocenters. The second-order valence-corrected chi connectivity index (χ2v) is 8.33. The number of rotatable bonds is 6. The van der Waals surface area contributed by atoms with Crippen molar-refractivity contribution in [3.8, 4) is 11.5 Å². The highest BCUT2D eigenvalue weighted by Gasteiger charge is 2.25. The Kier molecular flexibility index (Phi) is 7.37. The first kappa shape index (κ1) is 23.2. The lowest BCUT2D eigenvalue weighted by Crippen LogP contribution is -2.51. The Balaban J connectivity index is 1.19. The minimum Gasteiger partial charge on any atom is -0.490 e. The number of para-hydroxylation sites is 1. The summed E-state index contributed by atoms with van der Waals surface area (Å²) in [7, 11) is 0. The number of furan rings is 1. The van der Waals surface area contributed by atoms with Crippen molar-refractivity contribution in [2.75, 3.05) is 13.1 Å². The molecule has 1 saturated heterocycles. The molecule has 1 aliphatic rings. The number of hydrogen-bond acceptors (Lipinski definition) is 5. The van der Waals surface area contributed by atoms with Crippen LogP contribution in [-0.2, 0) is 6.61 Å². The van der Waals surface area contributed by atoms with Crippen LogP contribution in [0.15, 0.2) is 65.1 Å². The molecule has 3 aromatic rings. The van der Waals surface area contributed by atoms with Gasteiger partial charge in [-0.05, 0) is 55.3 Å². The zero-order valence-corrected chi connectivity index (χ0v) is 19.4. The molecule has 2 N–H and O–H groups in total. The topological polar surface area (TPSA) is 93.0 Å². The number of hydrogen-bond donors (Lipinski definition) is 2. The molecule has 1 aliphatic heterocycles. The van der Waals surface area contributed by atoms with Crippen LogP contribution >= 0.6 is 0 Å². The average molecular weight is 464 g/mol. The predicted octanol–water partition coefficient (Wildman–Crippen LogP) is 4.37. The Bertz CT molecular complexity index is 1120. The number of benzene rings is 2. The molecule has 2 heterocycles. The van der Waals surface area contributed by atoms with Crippen molar-refractivity contribution in [1.82, 2.24) is 15.8 Å². The van der Waals surface area contributed by atoms with E-state index in [0.717, 1.165) is 29.7 Å². The maximum Gasteiger partial charge on any atom is 0.336 e. The number of carbonyl (C=O) groups excluding carboxylic acids is 2. The summed E-state index contributed by atoms with van der Waals surface area (Å²) < 4.78 is 17.3. The van der Waals surface area contributed by atoms with Crippen LogP contribution in [0.3, 0.4) is 0 Å². The summed E-state index contributed by atoms with van der Waals surface area (Å²) >= 11 is 0. The third kappa shape index (κ3) is 6.10. The number of amides is 3. The standard InChI is InChI=1S/C26H29N3O5/c1-18-8-9-19(2)24(16-18)33-21-12-14-29(15-13-21)26(31)28-27-25(30)23-11-10-22(34-23)17-32-20-6-4-3-5-7-20/h3-11,16,21H,12-15,17H2,1-2H3,(H,27,30)(H,28,31). The van der Waals surface area contributed by atoms with Crippen LogP contribution in [0.25, 0.3) is 0 Å². The number of nitrogens with one attached hydrogen (secondary N) is 2. The van der Waals surface area contributed by atoms with Crippen LogP contribution in [0.5, 0.6) is 11.5 Å². The molecule has 2 aromatic carbocycles. The van der Waals surface area contributed by atoms with Crippen molar-refractivity contribution in [2.45, 2.75) is 39.4 Å². The van der Waals surface area contributed by atoms with E-state index in [-0.39, 0.29) is 24.5 Å². The lowest BCUT2D eigenvalue weighted by Gasteiger charge is -2.32.